The summed E-state index contributed by atoms with van der Waals surface area (Å²) in [5.74, 6) is 0.0528. The summed E-state index contributed by atoms with van der Waals surface area (Å²) in [4.78, 5) is 22.3. The molecule has 1 aliphatic carbocycles. The lowest BCUT2D eigenvalue weighted by Crippen LogP contribution is -2.42. The van der Waals surface area contributed by atoms with Gasteiger partial charge in [-0.1, -0.05) is 0 Å². The van der Waals surface area contributed by atoms with Crippen LogP contribution in [0.1, 0.15) is 38.1 Å². The molecule has 1 saturated carbocycles. The second kappa shape index (κ2) is 8.95. The van der Waals surface area contributed by atoms with Crippen molar-refractivity contribution in [2.75, 3.05) is 24.7 Å². The average Bonchev–Trinajstić information content (AvgIpc) is 3.10. The van der Waals surface area contributed by atoms with E-state index in [0.29, 0.717) is 49.0 Å². The van der Waals surface area contributed by atoms with Gasteiger partial charge < -0.3 is 5.32 Å². The van der Waals surface area contributed by atoms with Crippen molar-refractivity contribution in [1.29, 1.82) is 0 Å². The molecule has 1 aliphatic heterocycles. The van der Waals surface area contributed by atoms with Gasteiger partial charge in [0.2, 0.25) is 16.0 Å². The summed E-state index contributed by atoms with van der Waals surface area (Å²) in [7, 11) is -3.19. The normalized spacial score (nSPS) is 18.1. The molecule has 0 spiro atoms. The zero-order valence-corrected chi connectivity index (χ0v) is 19.7. The van der Waals surface area contributed by atoms with E-state index in [-0.39, 0.29) is 23.6 Å². The van der Waals surface area contributed by atoms with E-state index in [2.05, 4.69) is 15.3 Å². The number of rotatable bonds is 6. The molecular formula is C23H27FN6O3S. The highest BCUT2D eigenvalue weighted by Gasteiger charge is 2.27. The van der Waals surface area contributed by atoms with Crippen LogP contribution in [0.15, 0.2) is 47.5 Å². The van der Waals surface area contributed by atoms with Gasteiger partial charge in [-0.05, 0) is 62.4 Å². The lowest BCUT2D eigenvalue weighted by Gasteiger charge is -2.30. The molecule has 2 fully saturated rings. The molecular weight excluding hydrogens is 459 g/mol. The number of nitrogens with zero attached hydrogens (tertiary/aromatic N) is 5. The minimum atomic E-state index is -3.19. The Balaban J connectivity index is 1.44. The van der Waals surface area contributed by atoms with Crippen molar-refractivity contribution < 1.29 is 12.8 Å². The van der Waals surface area contributed by atoms with E-state index < -0.39 is 10.0 Å². The second-order valence-corrected chi connectivity index (χ2v) is 10.9. The first-order chi connectivity index (χ1) is 16.3. The van der Waals surface area contributed by atoms with Gasteiger partial charge in [-0.2, -0.15) is 0 Å². The van der Waals surface area contributed by atoms with Gasteiger partial charge in [0, 0.05) is 37.6 Å². The minimum Gasteiger partial charge on any atom is -0.351 e. The number of nitrogens with one attached hydrogen (secondary N) is 1. The van der Waals surface area contributed by atoms with Gasteiger partial charge in [-0.3, -0.25) is 9.13 Å². The number of piperidine rings is 1. The van der Waals surface area contributed by atoms with Crippen LogP contribution in [0.4, 0.5) is 10.3 Å². The van der Waals surface area contributed by atoms with Gasteiger partial charge in [0.15, 0.2) is 0 Å². The Labute approximate surface area is 197 Å². The van der Waals surface area contributed by atoms with E-state index in [9.17, 15) is 17.6 Å². The van der Waals surface area contributed by atoms with Crippen LogP contribution in [-0.4, -0.2) is 57.2 Å². The molecule has 0 bridgehead atoms. The maximum Gasteiger partial charge on any atom is 0.333 e. The van der Waals surface area contributed by atoms with E-state index >= 15 is 0 Å². The molecule has 1 aromatic carbocycles. The summed E-state index contributed by atoms with van der Waals surface area (Å²) in [5.41, 5.74) is 1.58. The van der Waals surface area contributed by atoms with Crippen molar-refractivity contribution in [2.45, 2.75) is 44.2 Å². The Bertz CT molecular complexity index is 1340. The summed E-state index contributed by atoms with van der Waals surface area (Å²) >= 11 is 0. The summed E-state index contributed by atoms with van der Waals surface area (Å²) in [5, 5.41) is 3.31. The average molecular weight is 487 g/mol. The molecule has 9 nitrogen and oxygen atoms in total. The van der Waals surface area contributed by atoms with Crippen LogP contribution in [0.2, 0.25) is 0 Å². The topological polar surface area (TPSA) is 102 Å². The van der Waals surface area contributed by atoms with Gasteiger partial charge in [0.1, 0.15) is 5.82 Å². The van der Waals surface area contributed by atoms with Gasteiger partial charge in [-0.15, -0.1) is 0 Å². The fourth-order valence-electron chi connectivity index (χ4n) is 4.50. The highest BCUT2D eigenvalue weighted by atomic mass is 32.2. The van der Waals surface area contributed by atoms with Crippen molar-refractivity contribution in [1.82, 2.24) is 23.4 Å². The molecule has 1 N–H and O–H groups in total. The fourth-order valence-corrected chi connectivity index (χ4v) is 5.37. The molecule has 34 heavy (non-hydrogen) atoms. The number of halogens is 1. The van der Waals surface area contributed by atoms with Gasteiger partial charge in [-0.25, -0.2) is 31.9 Å². The predicted octanol–water partition coefficient (Wildman–Crippen LogP) is 2.80. The second-order valence-electron chi connectivity index (χ2n) is 8.95. The largest absolute Gasteiger partial charge is 0.351 e. The lowest BCUT2D eigenvalue weighted by atomic mass is 9.93. The van der Waals surface area contributed by atoms with E-state index in [0.717, 1.165) is 19.3 Å². The van der Waals surface area contributed by atoms with Gasteiger partial charge in [0.25, 0.3) is 0 Å². The van der Waals surface area contributed by atoms with E-state index in [1.807, 2.05) is 6.20 Å². The van der Waals surface area contributed by atoms with Crippen molar-refractivity contribution in [3.05, 3.63) is 59.0 Å². The zero-order valence-electron chi connectivity index (χ0n) is 18.9. The first-order valence-corrected chi connectivity index (χ1v) is 13.3. The Morgan fingerprint density at radius 1 is 1.06 bits per heavy atom. The van der Waals surface area contributed by atoms with Gasteiger partial charge in [0.05, 0.1) is 23.3 Å². The standard InChI is InChI=1S/C23H27FN6O3S/c1-34(32,33)28-13-10-17(11-14-28)26-22-25-12-9-20(27-22)21-15-29(18-3-2-4-18)23(31)30(21)19-7-5-16(24)6-8-19/h5-9,12,15,17-18H,2-4,10-11,13-14H2,1H3,(H,25,26,27). The molecule has 3 heterocycles. The summed E-state index contributed by atoms with van der Waals surface area (Å²) < 4.78 is 41.8. The minimum absolute atomic E-state index is 0.0483. The van der Waals surface area contributed by atoms with Crippen molar-refractivity contribution >= 4 is 16.0 Å². The highest BCUT2D eigenvalue weighted by Crippen LogP contribution is 2.32. The van der Waals surface area contributed by atoms with Crippen LogP contribution in [0.25, 0.3) is 17.1 Å². The van der Waals surface area contributed by atoms with Crippen molar-refractivity contribution in [2.24, 2.45) is 0 Å². The maximum absolute atomic E-state index is 13.5. The number of imidazole rings is 1. The molecule has 11 heteroatoms. The number of hydrogen-bond donors (Lipinski definition) is 1. The molecule has 0 unspecified atom stereocenters. The third kappa shape index (κ3) is 4.49. The van der Waals surface area contributed by atoms with Crippen LogP contribution >= 0.6 is 0 Å². The summed E-state index contributed by atoms with van der Waals surface area (Å²) in [6.45, 7) is 0.898. The maximum atomic E-state index is 13.5. The third-order valence-electron chi connectivity index (χ3n) is 6.64. The molecule has 0 radical (unpaired) electrons. The number of anilines is 1. The Morgan fingerprint density at radius 3 is 2.38 bits per heavy atom. The Kier molecular flexibility index (Phi) is 5.98. The molecule has 0 amide bonds. The van der Waals surface area contributed by atoms with Crippen LogP contribution in [0.3, 0.4) is 0 Å². The third-order valence-corrected chi connectivity index (χ3v) is 7.94. The van der Waals surface area contributed by atoms with E-state index in [4.69, 9.17) is 0 Å². The summed E-state index contributed by atoms with van der Waals surface area (Å²) in [6.07, 6.45) is 8.99. The van der Waals surface area contributed by atoms with Crippen molar-refractivity contribution in [3.8, 4) is 17.1 Å². The SMILES string of the molecule is CS(=O)(=O)N1CCC(Nc2nccc(-c3cn(C4CCC4)c(=O)n3-c3ccc(F)cc3)n2)CC1. The molecule has 1 saturated heterocycles. The first kappa shape index (κ1) is 22.7. The lowest BCUT2D eigenvalue weighted by molar-refractivity contribution is 0.306. The Hall–Kier alpha value is -3.05. The van der Waals surface area contributed by atoms with Crippen LogP contribution in [-0.2, 0) is 10.0 Å². The van der Waals surface area contributed by atoms with Crippen LogP contribution in [0.5, 0.6) is 0 Å². The van der Waals surface area contributed by atoms with Gasteiger partial charge >= 0.3 is 5.69 Å². The molecule has 180 valence electrons. The smallest absolute Gasteiger partial charge is 0.333 e. The number of sulfonamides is 1. The Morgan fingerprint density at radius 2 is 1.76 bits per heavy atom. The fraction of sp³-hybridized carbons (Fsp3) is 0.435. The quantitative estimate of drug-likeness (QED) is 0.575. The molecule has 5 rings (SSSR count). The molecule has 3 aromatic rings. The molecule has 2 aliphatic rings. The van der Waals surface area contributed by atoms with E-state index in [1.165, 1.54) is 22.7 Å². The molecule has 0 atom stereocenters. The number of aromatic nitrogens is 4. The highest BCUT2D eigenvalue weighted by molar-refractivity contribution is 7.88. The zero-order chi connectivity index (χ0) is 23.9. The number of hydrogen-bond acceptors (Lipinski definition) is 6. The monoisotopic (exact) mass is 486 g/mol. The summed E-state index contributed by atoms with van der Waals surface area (Å²) in [6, 6.07) is 7.80. The first-order valence-electron chi connectivity index (χ1n) is 11.4. The van der Waals surface area contributed by atoms with Crippen LogP contribution < -0.4 is 11.0 Å². The molecule has 2 aromatic heterocycles. The van der Waals surface area contributed by atoms with Crippen LogP contribution in [0, 0.1) is 5.82 Å². The number of benzene rings is 1. The van der Waals surface area contributed by atoms with E-state index in [1.54, 1.807) is 33.5 Å². The van der Waals surface area contributed by atoms with Crippen molar-refractivity contribution in [3.63, 3.8) is 0 Å². The predicted molar refractivity (Wildman–Crippen MR) is 127 cm³/mol.